The van der Waals surface area contributed by atoms with Crippen molar-refractivity contribution in [1.29, 1.82) is 0 Å². The number of rotatable bonds is 7. The molecule has 196 valence electrons. The molecule has 1 heterocycles. The van der Waals surface area contributed by atoms with Crippen molar-refractivity contribution in [2.75, 3.05) is 6.61 Å². The number of fused-ring (bicyclic) bond motifs is 5. The first-order valence-electron chi connectivity index (χ1n) is 14.2. The zero-order valence-electron chi connectivity index (χ0n) is 22.0. The normalized spacial score (nSPS) is 43.6. The molecule has 0 bridgehead atoms. The summed E-state index contributed by atoms with van der Waals surface area (Å²) in [5.41, 5.74) is 0.726. The Bertz CT molecular complexity index is 918. The van der Waals surface area contributed by atoms with Crippen molar-refractivity contribution in [3.63, 3.8) is 0 Å². The maximum Gasteiger partial charge on any atom is 0.365 e. The number of hydrogen-bond donors (Lipinski definition) is 2. The lowest BCUT2D eigenvalue weighted by Crippen LogP contribution is -2.61. The summed E-state index contributed by atoms with van der Waals surface area (Å²) in [5, 5.41) is 21.6. The van der Waals surface area contributed by atoms with Gasteiger partial charge in [-0.05, 0) is 97.2 Å². The van der Waals surface area contributed by atoms with Crippen molar-refractivity contribution in [2.45, 2.75) is 98.0 Å². The standard InChI is InChI=1S/C29H45NO4S/c1-5-18-20-8-6-7-13-28(20,3)22-11-14-29(4)19(9-10-21(29)24(22)25(18)31)17(2)12-15-34-23-16-30-26(35-23)27(32)33/h16-22,24-25,31H,5-15H2,1-4H3,(H,32,33)/t17-,18-,19-,20+,21+,22+,24+,25-,28+,29-/m1/s1. The third-order valence-corrected chi connectivity index (χ3v) is 12.5. The fourth-order valence-electron chi connectivity index (χ4n) is 9.99. The largest absolute Gasteiger partial charge is 0.483 e. The number of carbonyl (C=O) groups is 1. The van der Waals surface area contributed by atoms with E-state index in [9.17, 15) is 9.90 Å². The van der Waals surface area contributed by atoms with E-state index in [1.165, 1.54) is 57.6 Å². The van der Waals surface area contributed by atoms with E-state index in [4.69, 9.17) is 9.84 Å². The quantitative estimate of drug-likeness (QED) is 0.423. The number of carboxylic acid groups (broad SMARTS) is 1. The molecule has 10 atom stereocenters. The number of nitrogens with zero attached hydrogens (tertiary/aromatic N) is 1. The van der Waals surface area contributed by atoms with Crippen LogP contribution >= 0.6 is 11.3 Å². The minimum atomic E-state index is -0.998. The highest BCUT2D eigenvalue weighted by molar-refractivity contribution is 7.15. The molecule has 5 nitrogen and oxygen atoms in total. The molecule has 0 unspecified atom stereocenters. The van der Waals surface area contributed by atoms with Crippen LogP contribution in [-0.2, 0) is 0 Å². The van der Waals surface area contributed by atoms with Crippen molar-refractivity contribution in [3.8, 4) is 5.06 Å². The zero-order valence-corrected chi connectivity index (χ0v) is 22.9. The summed E-state index contributed by atoms with van der Waals surface area (Å²) in [6, 6.07) is 0. The molecule has 0 amide bonds. The lowest BCUT2D eigenvalue weighted by atomic mass is 9.41. The molecule has 4 aliphatic carbocycles. The maximum absolute atomic E-state index is 11.8. The molecule has 6 heteroatoms. The van der Waals surface area contributed by atoms with E-state index < -0.39 is 5.97 Å². The van der Waals surface area contributed by atoms with Gasteiger partial charge in [0.1, 0.15) is 0 Å². The molecule has 4 saturated carbocycles. The van der Waals surface area contributed by atoms with Gasteiger partial charge in [0.05, 0.1) is 18.9 Å². The van der Waals surface area contributed by atoms with E-state index in [1.807, 2.05) is 0 Å². The summed E-state index contributed by atoms with van der Waals surface area (Å²) in [6.07, 6.45) is 14.0. The summed E-state index contributed by atoms with van der Waals surface area (Å²) in [4.78, 5) is 15.0. The Balaban J connectivity index is 1.28. The molecule has 1 aromatic heterocycles. The summed E-state index contributed by atoms with van der Waals surface area (Å²) < 4.78 is 5.89. The van der Waals surface area contributed by atoms with Gasteiger partial charge >= 0.3 is 5.97 Å². The summed E-state index contributed by atoms with van der Waals surface area (Å²) >= 11 is 1.11. The second-order valence-electron chi connectivity index (χ2n) is 12.8. The van der Waals surface area contributed by atoms with E-state index in [0.29, 0.717) is 63.9 Å². The van der Waals surface area contributed by atoms with Crippen molar-refractivity contribution in [3.05, 3.63) is 11.2 Å². The van der Waals surface area contributed by atoms with Crippen molar-refractivity contribution in [1.82, 2.24) is 4.98 Å². The fourth-order valence-corrected chi connectivity index (χ4v) is 10.6. The molecule has 1 aromatic rings. The molecular weight excluding hydrogens is 458 g/mol. The van der Waals surface area contributed by atoms with Gasteiger partial charge < -0.3 is 14.9 Å². The first-order chi connectivity index (χ1) is 16.7. The minimum absolute atomic E-state index is 0.0845. The highest BCUT2D eigenvalue weighted by Crippen LogP contribution is 2.69. The van der Waals surface area contributed by atoms with Crippen molar-refractivity contribution < 1.29 is 19.7 Å². The van der Waals surface area contributed by atoms with Crippen LogP contribution in [0.15, 0.2) is 6.20 Å². The predicted molar refractivity (Wildman–Crippen MR) is 139 cm³/mol. The number of aliphatic hydroxyl groups is 1. The summed E-state index contributed by atoms with van der Waals surface area (Å²) in [5.74, 6) is 3.20. The topological polar surface area (TPSA) is 79.7 Å². The SMILES string of the molecule is CC[C@H]1[C@@H](O)[C@@H]2[C@H](CC[C@]3(C)[C@@H]([C@H](C)CCOc4cnc(C(=O)O)s4)CC[C@@H]23)[C@@]2(C)CCCC[C@@H]12. The van der Waals surface area contributed by atoms with Gasteiger partial charge in [-0.1, -0.05) is 58.3 Å². The molecule has 2 N–H and O–H groups in total. The van der Waals surface area contributed by atoms with Crippen LogP contribution < -0.4 is 4.74 Å². The highest BCUT2D eigenvalue weighted by atomic mass is 32.1. The number of aromatic carboxylic acids is 1. The Morgan fingerprint density at radius 1 is 1.14 bits per heavy atom. The minimum Gasteiger partial charge on any atom is -0.483 e. The van der Waals surface area contributed by atoms with Crippen LogP contribution in [0.5, 0.6) is 5.06 Å². The van der Waals surface area contributed by atoms with Crippen LogP contribution in [0.25, 0.3) is 0 Å². The molecule has 0 aliphatic heterocycles. The summed E-state index contributed by atoms with van der Waals surface area (Å²) in [7, 11) is 0. The second kappa shape index (κ2) is 9.63. The van der Waals surface area contributed by atoms with Crippen LogP contribution in [-0.4, -0.2) is 33.9 Å². The highest BCUT2D eigenvalue weighted by Gasteiger charge is 2.64. The number of carboxylic acids is 1. The summed E-state index contributed by atoms with van der Waals surface area (Å²) in [6.45, 7) is 10.5. The van der Waals surface area contributed by atoms with Gasteiger partial charge in [-0.25, -0.2) is 9.78 Å². The van der Waals surface area contributed by atoms with Gasteiger partial charge in [-0.3, -0.25) is 0 Å². The smallest absolute Gasteiger partial charge is 0.365 e. The molecule has 4 aliphatic rings. The van der Waals surface area contributed by atoms with E-state index in [2.05, 4.69) is 32.7 Å². The van der Waals surface area contributed by atoms with Gasteiger partial charge in [0.2, 0.25) is 5.01 Å². The first kappa shape index (κ1) is 25.5. The van der Waals surface area contributed by atoms with Crippen LogP contribution in [0.1, 0.15) is 102 Å². The van der Waals surface area contributed by atoms with Gasteiger partial charge in [0.15, 0.2) is 5.06 Å². The lowest BCUT2D eigenvalue weighted by molar-refractivity contribution is -0.194. The van der Waals surface area contributed by atoms with E-state index in [1.54, 1.807) is 0 Å². The molecule has 5 rings (SSSR count). The van der Waals surface area contributed by atoms with E-state index in [0.717, 1.165) is 24.2 Å². The van der Waals surface area contributed by atoms with Crippen LogP contribution in [0, 0.1) is 52.3 Å². The van der Waals surface area contributed by atoms with Crippen LogP contribution in [0.2, 0.25) is 0 Å². The fraction of sp³-hybridized carbons (Fsp3) is 0.862. The Hall–Kier alpha value is -1.14. The van der Waals surface area contributed by atoms with Gasteiger partial charge in [-0.2, -0.15) is 0 Å². The molecule has 35 heavy (non-hydrogen) atoms. The maximum atomic E-state index is 11.8. The van der Waals surface area contributed by atoms with Crippen LogP contribution in [0.3, 0.4) is 0 Å². The number of ether oxygens (including phenoxy) is 1. The molecule has 0 radical (unpaired) electrons. The van der Waals surface area contributed by atoms with Gasteiger partial charge in [-0.15, -0.1) is 0 Å². The average Bonchev–Trinajstić information content (AvgIpc) is 3.44. The Labute approximate surface area is 215 Å². The van der Waals surface area contributed by atoms with Gasteiger partial charge in [0, 0.05) is 0 Å². The third kappa shape index (κ3) is 4.15. The lowest BCUT2D eigenvalue weighted by Gasteiger charge is -2.64. The third-order valence-electron chi connectivity index (χ3n) is 11.6. The molecule has 0 spiro atoms. The van der Waals surface area contributed by atoms with Crippen molar-refractivity contribution >= 4 is 17.3 Å². The molecule has 0 aromatic carbocycles. The second-order valence-corrected chi connectivity index (χ2v) is 13.8. The Morgan fingerprint density at radius 3 is 2.63 bits per heavy atom. The van der Waals surface area contributed by atoms with Crippen molar-refractivity contribution in [2.24, 2.45) is 52.3 Å². The molecular formula is C29H45NO4S. The van der Waals surface area contributed by atoms with Gasteiger partial charge in [0.25, 0.3) is 0 Å². The zero-order chi connectivity index (χ0) is 25.0. The molecule has 4 fully saturated rings. The molecule has 0 saturated heterocycles. The Morgan fingerprint density at radius 2 is 1.91 bits per heavy atom. The number of aliphatic hydroxyl groups excluding tert-OH is 1. The van der Waals surface area contributed by atoms with E-state index >= 15 is 0 Å². The monoisotopic (exact) mass is 503 g/mol. The average molecular weight is 504 g/mol. The van der Waals surface area contributed by atoms with Crippen LogP contribution in [0.4, 0.5) is 0 Å². The number of thiazole rings is 1. The number of aromatic nitrogens is 1. The predicted octanol–water partition coefficient (Wildman–Crippen LogP) is 6.90. The van der Waals surface area contributed by atoms with E-state index in [-0.39, 0.29) is 11.1 Å². The number of hydrogen-bond acceptors (Lipinski definition) is 5. The first-order valence-corrected chi connectivity index (χ1v) is 15.0. The Kier molecular flexibility index (Phi) is 7.02.